The molecule has 1 aliphatic heterocycles. The predicted octanol–water partition coefficient (Wildman–Crippen LogP) is 2.57. The third kappa shape index (κ3) is 3.88. The van der Waals surface area contributed by atoms with Gasteiger partial charge in [-0.05, 0) is 54.3 Å². The van der Waals surface area contributed by atoms with Crippen LogP contribution in [0.3, 0.4) is 0 Å². The van der Waals surface area contributed by atoms with Gasteiger partial charge >= 0.3 is 0 Å². The van der Waals surface area contributed by atoms with Crippen molar-refractivity contribution in [1.82, 2.24) is 10.3 Å². The Bertz CT molecular complexity index is 995. The maximum Gasteiger partial charge on any atom is 0.267 e. The average Bonchev–Trinajstić information content (AvgIpc) is 3.35. The van der Waals surface area contributed by atoms with E-state index >= 15 is 0 Å². The maximum atomic E-state index is 12.4. The number of nitrogens with two attached hydrogens (primary N) is 2. The molecule has 0 unspecified atom stereocenters. The van der Waals surface area contributed by atoms with E-state index in [1.807, 2.05) is 12.1 Å². The van der Waals surface area contributed by atoms with E-state index < -0.39 is 0 Å². The standard InChI is InChI=1S/C22H26N4O2/c23-8-1-2-18(24)13-25-22(27)20-11-17-6-5-15(10-19(17)26-20)16-4-3-14-7-9-28-21(14)12-16/h3-6,10-12,18,26H,1-2,7-9,13,23-24H2,(H,25,27)/t18-/m1/s1. The lowest BCUT2D eigenvalue weighted by atomic mass is 10.0. The Balaban J connectivity index is 1.49. The number of H-pyrrole nitrogens is 1. The van der Waals surface area contributed by atoms with Gasteiger partial charge in [0.1, 0.15) is 11.4 Å². The highest BCUT2D eigenvalue weighted by Gasteiger charge is 2.14. The first kappa shape index (κ1) is 18.5. The number of nitrogens with one attached hydrogen (secondary N) is 2. The minimum Gasteiger partial charge on any atom is -0.493 e. The van der Waals surface area contributed by atoms with E-state index in [1.165, 1.54) is 5.56 Å². The van der Waals surface area contributed by atoms with Crippen LogP contribution in [0.25, 0.3) is 22.0 Å². The van der Waals surface area contributed by atoms with Crippen molar-refractivity contribution < 1.29 is 9.53 Å². The molecule has 6 nitrogen and oxygen atoms in total. The Morgan fingerprint density at radius 3 is 2.86 bits per heavy atom. The van der Waals surface area contributed by atoms with Gasteiger partial charge < -0.3 is 26.5 Å². The summed E-state index contributed by atoms with van der Waals surface area (Å²) in [4.78, 5) is 15.7. The highest BCUT2D eigenvalue weighted by atomic mass is 16.5. The SMILES string of the molecule is NCCC[C@@H](N)CNC(=O)c1cc2ccc(-c3ccc4c(c3)OCC4)cc2[nH]1. The first-order valence-electron chi connectivity index (χ1n) is 9.77. The van der Waals surface area contributed by atoms with Gasteiger partial charge in [-0.2, -0.15) is 0 Å². The minimum atomic E-state index is -0.146. The summed E-state index contributed by atoms with van der Waals surface area (Å²) in [5.41, 5.74) is 16.4. The number of hydrogen-bond acceptors (Lipinski definition) is 4. The second-order valence-electron chi connectivity index (χ2n) is 7.31. The summed E-state index contributed by atoms with van der Waals surface area (Å²) >= 11 is 0. The highest BCUT2D eigenvalue weighted by Crippen LogP contribution is 2.32. The summed E-state index contributed by atoms with van der Waals surface area (Å²) < 4.78 is 5.68. The van der Waals surface area contributed by atoms with Gasteiger partial charge in [0.25, 0.3) is 5.91 Å². The number of aromatic amines is 1. The van der Waals surface area contributed by atoms with Crippen molar-refractivity contribution in [3.05, 3.63) is 53.7 Å². The summed E-state index contributed by atoms with van der Waals surface area (Å²) in [5, 5.41) is 3.89. The number of carbonyl (C=O) groups excluding carboxylic acids is 1. The van der Waals surface area contributed by atoms with Crippen molar-refractivity contribution in [3.63, 3.8) is 0 Å². The van der Waals surface area contributed by atoms with E-state index in [4.69, 9.17) is 16.2 Å². The Hall–Kier alpha value is -2.83. The fourth-order valence-corrected chi connectivity index (χ4v) is 3.58. The van der Waals surface area contributed by atoms with Crippen LogP contribution >= 0.6 is 0 Å². The van der Waals surface area contributed by atoms with Crippen LogP contribution < -0.4 is 21.5 Å². The molecule has 6 heteroatoms. The van der Waals surface area contributed by atoms with E-state index in [0.29, 0.717) is 18.8 Å². The van der Waals surface area contributed by atoms with Crippen molar-refractivity contribution in [3.8, 4) is 16.9 Å². The van der Waals surface area contributed by atoms with E-state index in [9.17, 15) is 4.79 Å². The number of carbonyl (C=O) groups is 1. The average molecular weight is 378 g/mol. The Morgan fingerprint density at radius 2 is 2.00 bits per heavy atom. The molecule has 3 aromatic rings. The molecule has 0 saturated heterocycles. The summed E-state index contributed by atoms with van der Waals surface area (Å²) in [5.74, 6) is 0.821. The van der Waals surface area contributed by atoms with Crippen molar-refractivity contribution in [2.45, 2.75) is 25.3 Å². The van der Waals surface area contributed by atoms with Crippen molar-refractivity contribution in [2.75, 3.05) is 19.7 Å². The topological polar surface area (TPSA) is 106 Å². The monoisotopic (exact) mass is 378 g/mol. The summed E-state index contributed by atoms with van der Waals surface area (Å²) in [6.45, 7) is 1.81. The lowest BCUT2D eigenvalue weighted by Crippen LogP contribution is -2.37. The van der Waals surface area contributed by atoms with Gasteiger partial charge in [-0.1, -0.05) is 24.3 Å². The molecular formula is C22H26N4O2. The van der Waals surface area contributed by atoms with Gasteiger partial charge in [-0.3, -0.25) is 4.79 Å². The van der Waals surface area contributed by atoms with Crippen LogP contribution in [0.4, 0.5) is 0 Å². The molecule has 0 aliphatic carbocycles. The molecule has 2 aromatic carbocycles. The van der Waals surface area contributed by atoms with Crippen molar-refractivity contribution in [2.24, 2.45) is 11.5 Å². The first-order chi connectivity index (χ1) is 13.6. The number of benzene rings is 2. The number of amides is 1. The van der Waals surface area contributed by atoms with Crippen LogP contribution in [0.15, 0.2) is 42.5 Å². The van der Waals surface area contributed by atoms with Crippen LogP contribution in [0.2, 0.25) is 0 Å². The molecule has 0 spiro atoms. The van der Waals surface area contributed by atoms with E-state index in [0.717, 1.165) is 53.6 Å². The van der Waals surface area contributed by atoms with Gasteiger partial charge in [0.2, 0.25) is 0 Å². The smallest absolute Gasteiger partial charge is 0.267 e. The van der Waals surface area contributed by atoms with E-state index in [2.05, 4.69) is 40.6 Å². The number of fused-ring (bicyclic) bond motifs is 2. The fraction of sp³-hybridized carbons (Fsp3) is 0.318. The summed E-state index contributed by atoms with van der Waals surface area (Å²) in [7, 11) is 0. The molecule has 1 amide bonds. The fourth-order valence-electron chi connectivity index (χ4n) is 3.58. The predicted molar refractivity (Wildman–Crippen MR) is 112 cm³/mol. The van der Waals surface area contributed by atoms with Crippen LogP contribution in [-0.2, 0) is 6.42 Å². The zero-order valence-corrected chi connectivity index (χ0v) is 15.8. The maximum absolute atomic E-state index is 12.4. The minimum absolute atomic E-state index is 0.0782. The van der Waals surface area contributed by atoms with Crippen LogP contribution in [0, 0.1) is 0 Å². The Morgan fingerprint density at radius 1 is 1.18 bits per heavy atom. The zero-order chi connectivity index (χ0) is 19.5. The summed E-state index contributed by atoms with van der Waals surface area (Å²) in [6, 6.07) is 14.3. The number of hydrogen-bond donors (Lipinski definition) is 4. The molecule has 1 aromatic heterocycles. The number of aromatic nitrogens is 1. The third-order valence-corrected chi connectivity index (χ3v) is 5.20. The molecule has 1 atom stereocenters. The van der Waals surface area contributed by atoms with E-state index in [1.54, 1.807) is 0 Å². The van der Waals surface area contributed by atoms with Gasteiger partial charge in [0, 0.05) is 29.9 Å². The van der Waals surface area contributed by atoms with Crippen LogP contribution in [0.5, 0.6) is 5.75 Å². The third-order valence-electron chi connectivity index (χ3n) is 5.20. The van der Waals surface area contributed by atoms with Crippen molar-refractivity contribution >= 4 is 16.8 Å². The largest absolute Gasteiger partial charge is 0.493 e. The highest BCUT2D eigenvalue weighted by molar-refractivity contribution is 5.98. The first-order valence-corrected chi connectivity index (χ1v) is 9.77. The lowest BCUT2D eigenvalue weighted by Gasteiger charge is -2.11. The molecule has 2 heterocycles. The summed E-state index contributed by atoms with van der Waals surface area (Å²) in [6.07, 6.45) is 2.64. The number of ether oxygens (including phenoxy) is 1. The quantitative estimate of drug-likeness (QED) is 0.507. The molecule has 0 radical (unpaired) electrons. The molecule has 146 valence electrons. The van der Waals surface area contributed by atoms with Crippen LogP contribution in [0.1, 0.15) is 28.9 Å². The molecule has 0 fully saturated rings. The van der Waals surface area contributed by atoms with Gasteiger partial charge in [-0.15, -0.1) is 0 Å². The van der Waals surface area contributed by atoms with Gasteiger partial charge in [0.15, 0.2) is 0 Å². The molecule has 28 heavy (non-hydrogen) atoms. The number of rotatable bonds is 7. The normalized spacial score (nSPS) is 13.9. The molecular weight excluding hydrogens is 352 g/mol. The van der Waals surface area contributed by atoms with Gasteiger partial charge in [-0.25, -0.2) is 0 Å². The zero-order valence-electron chi connectivity index (χ0n) is 15.8. The Kier molecular flexibility index (Phi) is 5.32. The van der Waals surface area contributed by atoms with Gasteiger partial charge in [0.05, 0.1) is 6.61 Å². The second-order valence-corrected chi connectivity index (χ2v) is 7.31. The molecule has 6 N–H and O–H groups in total. The molecule has 0 saturated carbocycles. The lowest BCUT2D eigenvalue weighted by molar-refractivity contribution is 0.0946. The molecule has 1 aliphatic rings. The molecule has 0 bridgehead atoms. The second kappa shape index (κ2) is 8.04. The van der Waals surface area contributed by atoms with Crippen molar-refractivity contribution in [1.29, 1.82) is 0 Å². The Labute approximate surface area is 164 Å². The van der Waals surface area contributed by atoms with Crippen LogP contribution in [-0.4, -0.2) is 36.6 Å². The van der Waals surface area contributed by atoms with E-state index in [-0.39, 0.29) is 11.9 Å². The molecule has 4 rings (SSSR count).